The van der Waals surface area contributed by atoms with Crippen molar-refractivity contribution in [1.29, 1.82) is 0 Å². The zero-order valence-electron chi connectivity index (χ0n) is 10.5. The highest BCUT2D eigenvalue weighted by molar-refractivity contribution is 9.10. The van der Waals surface area contributed by atoms with E-state index in [2.05, 4.69) is 21.2 Å². The first-order chi connectivity index (χ1) is 9.51. The zero-order valence-corrected chi connectivity index (χ0v) is 13.6. The van der Waals surface area contributed by atoms with E-state index in [1.54, 1.807) is 43.5 Å². The minimum absolute atomic E-state index is 0.0997. The SMILES string of the molecule is COc1ccc(Cl)cc1C(=S)Nc1ccc(Br)cc1O. The van der Waals surface area contributed by atoms with Gasteiger partial charge in [-0.15, -0.1) is 0 Å². The number of phenols is 1. The molecule has 0 spiro atoms. The quantitative estimate of drug-likeness (QED) is 0.610. The minimum Gasteiger partial charge on any atom is -0.506 e. The minimum atomic E-state index is 0.0997. The van der Waals surface area contributed by atoms with Crippen LogP contribution in [0.2, 0.25) is 5.02 Å². The number of aromatic hydroxyl groups is 1. The number of nitrogens with one attached hydrogen (secondary N) is 1. The smallest absolute Gasteiger partial charge is 0.140 e. The number of halogens is 2. The molecule has 0 aliphatic rings. The summed E-state index contributed by atoms with van der Waals surface area (Å²) in [7, 11) is 1.56. The molecule has 2 aromatic rings. The molecular weight excluding hydrogens is 362 g/mol. The van der Waals surface area contributed by atoms with Gasteiger partial charge in [0.25, 0.3) is 0 Å². The number of hydrogen-bond acceptors (Lipinski definition) is 3. The third-order valence-corrected chi connectivity index (χ3v) is 3.66. The number of benzene rings is 2. The van der Waals surface area contributed by atoms with E-state index in [9.17, 15) is 5.11 Å². The fraction of sp³-hybridized carbons (Fsp3) is 0.0714. The van der Waals surface area contributed by atoms with Crippen molar-refractivity contribution < 1.29 is 9.84 Å². The zero-order chi connectivity index (χ0) is 14.7. The van der Waals surface area contributed by atoms with Crippen molar-refractivity contribution in [2.75, 3.05) is 12.4 Å². The standard InChI is InChI=1S/C14H11BrClNO2S/c1-19-13-5-3-9(16)7-10(13)14(20)17-11-4-2-8(15)6-12(11)18/h2-7,18H,1H3,(H,17,20). The van der Waals surface area contributed by atoms with E-state index in [1.165, 1.54) is 0 Å². The molecule has 2 N–H and O–H groups in total. The third kappa shape index (κ3) is 3.42. The van der Waals surface area contributed by atoms with Gasteiger partial charge >= 0.3 is 0 Å². The number of ether oxygens (including phenoxy) is 1. The molecule has 3 nitrogen and oxygen atoms in total. The highest BCUT2D eigenvalue weighted by Crippen LogP contribution is 2.29. The van der Waals surface area contributed by atoms with Crippen molar-refractivity contribution in [3.8, 4) is 11.5 Å². The second-order valence-electron chi connectivity index (χ2n) is 3.96. The Morgan fingerprint density at radius 3 is 2.70 bits per heavy atom. The van der Waals surface area contributed by atoms with Gasteiger partial charge < -0.3 is 15.2 Å². The lowest BCUT2D eigenvalue weighted by Crippen LogP contribution is -2.12. The van der Waals surface area contributed by atoms with Gasteiger partial charge in [0, 0.05) is 9.50 Å². The lowest BCUT2D eigenvalue weighted by Gasteiger charge is -2.13. The maximum atomic E-state index is 9.86. The van der Waals surface area contributed by atoms with Crippen LogP contribution in [0.5, 0.6) is 11.5 Å². The van der Waals surface area contributed by atoms with Gasteiger partial charge in [-0.2, -0.15) is 0 Å². The van der Waals surface area contributed by atoms with Crippen LogP contribution in [0.25, 0.3) is 0 Å². The van der Waals surface area contributed by atoms with Crippen molar-refractivity contribution in [2.24, 2.45) is 0 Å². The number of rotatable bonds is 3. The third-order valence-electron chi connectivity index (χ3n) is 2.61. The molecule has 0 aliphatic heterocycles. The molecule has 0 bridgehead atoms. The van der Waals surface area contributed by atoms with Gasteiger partial charge in [0.1, 0.15) is 16.5 Å². The van der Waals surface area contributed by atoms with E-state index < -0.39 is 0 Å². The summed E-state index contributed by atoms with van der Waals surface area (Å²) in [4.78, 5) is 0.418. The molecule has 104 valence electrons. The van der Waals surface area contributed by atoms with Gasteiger partial charge in [-0.05, 0) is 36.4 Å². The molecule has 2 aromatic carbocycles. The van der Waals surface area contributed by atoms with Gasteiger partial charge in [-0.3, -0.25) is 0 Å². The van der Waals surface area contributed by atoms with Gasteiger partial charge in [-0.1, -0.05) is 39.7 Å². The lowest BCUT2D eigenvalue weighted by atomic mass is 10.2. The number of hydrogen-bond donors (Lipinski definition) is 2. The summed E-state index contributed by atoms with van der Waals surface area (Å²) in [5, 5.41) is 13.4. The summed E-state index contributed by atoms with van der Waals surface area (Å²) >= 11 is 14.6. The van der Waals surface area contributed by atoms with Crippen LogP contribution in [0.3, 0.4) is 0 Å². The van der Waals surface area contributed by atoms with E-state index in [1.807, 2.05) is 0 Å². The van der Waals surface area contributed by atoms with Crippen molar-refractivity contribution >= 4 is 50.4 Å². The molecule has 0 heterocycles. The number of phenolic OH excluding ortho intramolecular Hbond substituents is 1. The maximum absolute atomic E-state index is 9.86. The van der Waals surface area contributed by atoms with Crippen LogP contribution < -0.4 is 10.1 Å². The van der Waals surface area contributed by atoms with Crippen LogP contribution in [-0.2, 0) is 0 Å². The van der Waals surface area contributed by atoms with E-state index in [0.29, 0.717) is 27.0 Å². The second-order valence-corrected chi connectivity index (χ2v) is 5.72. The largest absolute Gasteiger partial charge is 0.506 e. The van der Waals surface area contributed by atoms with Crippen molar-refractivity contribution in [1.82, 2.24) is 0 Å². The molecule has 0 aliphatic carbocycles. The Kier molecular flexibility index (Phi) is 4.86. The van der Waals surface area contributed by atoms with Crippen LogP contribution in [-0.4, -0.2) is 17.2 Å². The number of anilines is 1. The molecule has 0 saturated carbocycles. The van der Waals surface area contributed by atoms with Crippen molar-refractivity contribution in [3.05, 3.63) is 51.5 Å². The number of thiocarbonyl (C=S) groups is 1. The summed E-state index contributed by atoms with van der Waals surface area (Å²) < 4.78 is 6.04. The van der Waals surface area contributed by atoms with E-state index in [4.69, 9.17) is 28.6 Å². The summed E-state index contributed by atoms with van der Waals surface area (Å²) in [6.07, 6.45) is 0. The van der Waals surface area contributed by atoms with Crippen LogP contribution in [0, 0.1) is 0 Å². The van der Waals surface area contributed by atoms with Gasteiger partial charge in [-0.25, -0.2) is 0 Å². The van der Waals surface area contributed by atoms with Crippen LogP contribution >= 0.6 is 39.7 Å². The predicted octanol–water partition coefficient (Wildman–Crippen LogP) is 4.60. The first-order valence-corrected chi connectivity index (χ1v) is 7.22. The molecule has 0 radical (unpaired) electrons. The topological polar surface area (TPSA) is 41.5 Å². The number of methoxy groups -OCH3 is 1. The fourth-order valence-corrected chi connectivity index (χ4v) is 2.45. The van der Waals surface area contributed by atoms with E-state index in [0.717, 1.165) is 4.47 Å². The van der Waals surface area contributed by atoms with Gasteiger partial charge in [0.2, 0.25) is 0 Å². The Morgan fingerprint density at radius 1 is 1.30 bits per heavy atom. The molecule has 0 atom stereocenters. The molecular formula is C14H11BrClNO2S. The average molecular weight is 373 g/mol. The Labute approximate surface area is 135 Å². The molecule has 0 amide bonds. The molecule has 0 saturated heterocycles. The van der Waals surface area contributed by atoms with Crippen LogP contribution in [0.1, 0.15) is 5.56 Å². The van der Waals surface area contributed by atoms with Crippen molar-refractivity contribution in [3.63, 3.8) is 0 Å². The highest BCUT2D eigenvalue weighted by atomic mass is 79.9. The monoisotopic (exact) mass is 371 g/mol. The molecule has 0 aromatic heterocycles. The first kappa shape index (κ1) is 15.1. The summed E-state index contributed by atoms with van der Waals surface area (Å²) in [5.74, 6) is 0.714. The average Bonchev–Trinajstić information content (AvgIpc) is 2.41. The fourth-order valence-electron chi connectivity index (χ4n) is 1.66. The maximum Gasteiger partial charge on any atom is 0.140 e. The molecule has 0 unspecified atom stereocenters. The van der Waals surface area contributed by atoms with Gasteiger partial charge in [0.05, 0.1) is 18.4 Å². The molecule has 20 heavy (non-hydrogen) atoms. The van der Waals surface area contributed by atoms with E-state index in [-0.39, 0.29) is 5.75 Å². The highest BCUT2D eigenvalue weighted by Gasteiger charge is 2.11. The summed E-state index contributed by atoms with van der Waals surface area (Å²) in [6.45, 7) is 0. The van der Waals surface area contributed by atoms with Crippen molar-refractivity contribution in [2.45, 2.75) is 0 Å². The molecule has 0 fully saturated rings. The Balaban J connectivity index is 2.30. The normalized spacial score (nSPS) is 10.2. The summed E-state index contributed by atoms with van der Waals surface area (Å²) in [5.41, 5.74) is 1.18. The second kappa shape index (κ2) is 6.43. The van der Waals surface area contributed by atoms with E-state index >= 15 is 0 Å². The predicted molar refractivity (Wildman–Crippen MR) is 89.1 cm³/mol. The molecule has 2 rings (SSSR count). The van der Waals surface area contributed by atoms with Gasteiger partial charge in [0.15, 0.2) is 0 Å². The Hall–Kier alpha value is -1.30. The molecule has 6 heteroatoms. The first-order valence-electron chi connectivity index (χ1n) is 5.64. The Morgan fingerprint density at radius 2 is 2.05 bits per heavy atom. The lowest BCUT2D eigenvalue weighted by molar-refractivity contribution is 0.414. The summed E-state index contributed by atoms with van der Waals surface area (Å²) in [6, 6.07) is 10.3. The Bertz CT molecular complexity index is 664. The van der Waals surface area contributed by atoms with Crippen LogP contribution in [0.4, 0.5) is 5.69 Å². The van der Waals surface area contributed by atoms with Crippen LogP contribution in [0.15, 0.2) is 40.9 Å².